The molecule has 1 nitrogen and oxygen atoms in total. The fourth-order valence-corrected chi connectivity index (χ4v) is 1.32. The van der Waals surface area contributed by atoms with Crippen LogP contribution in [0.3, 0.4) is 0 Å². The van der Waals surface area contributed by atoms with Gasteiger partial charge in [0.2, 0.25) is 0 Å². The van der Waals surface area contributed by atoms with Crippen LogP contribution >= 0.6 is 0 Å². The van der Waals surface area contributed by atoms with Gasteiger partial charge in [-0.3, -0.25) is 0 Å². The fourth-order valence-electron chi connectivity index (χ4n) is 1.32. The molecule has 1 aromatic heterocycles. The Bertz CT molecular complexity index is 331. The summed E-state index contributed by atoms with van der Waals surface area (Å²) < 4.78 is 0. The van der Waals surface area contributed by atoms with Crippen LogP contribution in [-0.4, -0.2) is 12.8 Å². The second-order valence-electron chi connectivity index (χ2n) is 2.74. The van der Waals surface area contributed by atoms with Crippen molar-refractivity contribution in [1.29, 1.82) is 0 Å². The SMILES string of the molecule is BCc1cc2ccccc2[nH]1. The summed E-state index contributed by atoms with van der Waals surface area (Å²) in [4.78, 5) is 3.35. The van der Waals surface area contributed by atoms with Crippen molar-refractivity contribution in [2.45, 2.75) is 6.32 Å². The third-order valence-electron chi connectivity index (χ3n) is 1.97. The Hall–Kier alpha value is -1.18. The van der Waals surface area contributed by atoms with E-state index in [0.29, 0.717) is 0 Å². The van der Waals surface area contributed by atoms with Gasteiger partial charge < -0.3 is 4.98 Å². The van der Waals surface area contributed by atoms with Crippen LogP contribution in [-0.2, 0) is 6.32 Å². The largest absolute Gasteiger partial charge is 0.359 e. The van der Waals surface area contributed by atoms with E-state index in [4.69, 9.17) is 0 Å². The van der Waals surface area contributed by atoms with Gasteiger partial charge in [0.25, 0.3) is 0 Å². The van der Waals surface area contributed by atoms with Crippen LogP contribution in [0.15, 0.2) is 30.3 Å². The lowest BCUT2D eigenvalue weighted by molar-refractivity contribution is 1.25. The van der Waals surface area contributed by atoms with Crippen LogP contribution in [0.4, 0.5) is 0 Å². The summed E-state index contributed by atoms with van der Waals surface area (Å²) in [5.41, 5.74) is 2.55. The predicted molar refractivity (Wildman–Crippen MR) is 50.5 cm³/mol. The zero-order valence-electron chi connectivity index (χ0n) is 6.59. The number of H-pyrrole nitrogens is 1. The van der Waals surface area contributed by atoms with Gasteiger partial charge in [0, 0.05) is 11.2 Å². The third-order valence-corrected chi connectivity index (χ3v) is 1.97. The van der Waals surface area contributed by atoms with Crippen LogP contribution in [0.1, 0.15) is 5.69 Å². The van der Waals surface area contributed by atoms with Crippen molar-refractivity contribution >= 4 is 18.7 Å². The number of fused-ring (bicyclic) bond motifs is 1. The van der Waals surface area contributed by atoms with Crippen LogP contribution in [0.25, 0.3) is 10.9 Å². The molecule has 0 radical (unpaired) electrons. The van der Waals surface area contributed by atoms with E-state index in [1.165, 1.54) is 16.6 Å². The summed E-state index contributed by atoms with van der Waals surface area (Å²) in [6.45, 7) is 0. The smallest absolute Gasteiger partial charge is 0.108 e. The van der Waals surface area contributed by atoms with Crippen molar-refractivity contribution < 1.29 is 0 Å². The number of nitrogens with one attached hydrogen (secondary N) is 1. The summed E-state index contributed by atoms with van der Waals surface area (Å²) in [6, 6.07) is 10.6. The van der Waals surface area contributed by atoms with Gasteiger partial charge in [-0.05, 0) is 23.8 Å². The Labute approximate surface area is 66.8 Å². The maximum Gasteiger partial charge on any atom is 0.108 e. The van der Waals surface area contributed by atoms with Gasteiger partial charge in [0.05, 0.1) is 0 Å². The lowest BCUT2D eigenvalue weighted by atomic mass is 10.0. The zero-order chi connectivity index (χ0) is 7.68. The number of hydrogen-bond acceptors (Lipinski definition) is 0. The average Bonchev–Trinajstić information content (AvgIpc) is 2.46. The van der Waals surface area contributed by atoms with E-state index in [1.54, 1.807) is 0 Å². The Balaban J connectivity index is 2.69. The first-order chi connectivity index (χ1) is 5.40. The molecule has 0 saturated carbocycles. The number of aromatic amines is 1. The normalized spacial score (nSPS) is 10.5. The van der Waals surface area contributed by atoms with Crippen molar-refractivity contribution in [2.75, 3.05) is 0 Å². The maximum atomic E-state index is 3.35. The first-order valence-electron chi connectivity index (χ1n) is 3.97. The summed E-state index contributed by atoms with van der Waals surface area (Å²) >= 11 is 0. The first-order valence-corrected chi connectivity index (χ1v) is 3.97. The van der Waals surface area contributed by atoms with Gasteiger partial charge in [-0.15, -0.1) is 0 Å². The molecule has 2 aromatic rings. The highest BCUT2D eigenvalue weighted by Gasteiger charge is 1.95. The minimum absolute atomic E-state index is 1.08. The van der Waals surface area contributed by atoms with Gasteiger partial charge >= 0.3 is 0 Å². The molecule has 1 aromatic carbocycles. The van der Waals surface area contributed by atoms with Crippen LogP contribution < -0.4 is 0 Å². The molecule has 2 rings (SSSR count). The van der Waals surface area contributed by atoms with Crippen molar-refractivity contribution in [3.8, 4) is 0 Å². The molecule has 11 heavy (non-hydrogen) atoms. The number of aromatic nitrogens is 1. The second kappa shape index (κ2) is 2.46. The van der Waals surface area contributed by atoms with E-state index in [9.17, 15) is 0 Å². The number of para-hydroxylation sites is 1. The van der Waals surface area contributed by atoms with Gasteiger partial charge in [-0.1, -0.05) is 18.2 Å². The molecule has 0 bridgehead atoms. The molecule has 1 N–H and O–H groups in total. The number of hydrogen-bond donors (Lipinski definition) is 1. The Morgan fingerprint density at radius 1 is 1.27 bits per heavy atom. The highest BCUT2D eigenvalue weighted by atomic mass is 14.7. The van der Waals surface area contributed by atoms with E-state index in [2.05, 4.69) is 43.2 Å². The molecular weight excluding hydrogens is 133 g/mol. The Kier molecular flexibility index (Phi) is 1.46. The molecule has 0 fully saturated rings. The minimum Gasteiger partial charge on any atom is -0.359 e. The Morgan fingerprint density at radius 2 is 2.09 bits per heavy atom. The lowest BCUT2D eigenvalue weighted by Gasteiger charge is -1.85. The molecule has 0 atom stereocenters. The van der Waals surface area contributed by atoms with E-state index >= 15 is 0 Å². The highest BCUT2D eigenvalue weighted by molar-refractivity contribution is 6.08. The predicted octanol–water partition coefficient (Wildman–Crippen LogP) is 1.30. The molecule has 0 aliphatic heterocycles. The molecule has 0 aliphatic rings. The van der Waals surface area contributed by atoms with E-state index in [1.807, 2.05) is 0 Å². The lowest BCUT2D eigenvalue weighted by Crippen LogP contribution is -1.79. The van der Waals surface area contributed by atoms with Crippen molar-refractivity contribution in [1.82, 2.24) is 4.98 Å². The average molecular weight is 143 g/mol. The summed E-state index contributed by atoms with van der Waals surface area (Å²) in [6.07, 6.45) is 1.08. The molecule has 54 valence electrons. The van der Waals surface area contributed by atoms with Gasteiger partial charge in [-0.25, -0.2) is 0 Å². The molecule has 1 heterocycles. The van der Waals surface area contributed by atoms with Crippen LogP contribution in [0.5, 0.6) is 0 Å². The monoisotopic (exact) mass is 143 g/mol. The van der Waals surface area contributed by atoms with E-state index < -0.39 is 0 Å². The molecule has 0 aliphatic carbocycles. The van der Waals surface area contributed by atoms with Crippen LogP contribution in [0, 0.1) is 0 Å². The van der Waals surface area contributed by atoms with Crippen molar-refractivity contribution in [3.05, 3.63) is 36.0 Å². The third kappa shape index (κ3) is 1.05. The standard InChI is InChI=1S/C9H10BN/c10-6-8-5-7-3-1-2-4-9(7)11-8/h1-5,11H,6,10H2. The van der Waals surface area contributed by atoms with E-state index in [-0.39, 0.29) is 0 Å². The molecule has 0 unspecified atom stereocenters. The minimum atomic E-state index is 1.08. The topological polar surface area (TPSA) is 15.8 Å². The molecule has 0 spiro atoms. The van der Waals surface area contributed by atoms with Gasteiger partial charge in [0.15, 0.2) is 0 Å². The number of rotatable bonds is 1. The number of benzene rings is 1. The quantitative estimate of drug-likeness (QED) is 0.579. The summed E-state index contributed by atoms with van der Waals surface area (Å²) in [7, 11) is 2.16. The summed E-state index contributed by atoms with van der Waals surface area (Å²) in [5.74, 6) is 0. The highest BCUT2D eigenvalue weighted by Crippen LogP contribution is 2.13. The first kappa shape index (κ1) is 6.53. The van der Waals surface area contributed by atoms with Crippen molar-refractivity contribution in [3.63, 3.8) is 0 Å². The second-order valence-corrected chi connectivity index (χ2v) is 2.74. The van der Waals surface area contributed by atoms with Gasteiger partial charge in [-0.2, -0.15) is 0 Å². The fraction of sp³-hybridized carbons (Fsp3) is 0.111. The van der Waals surface area contributed by atoms with E-state index in [0.717, 1.165) is 6.32 Å². The molecule has 2 heteroatoms. The Morgan fingerprint density at radius 3 is 2.82 bits per heavy atom. The van der Waals surface area contributed by atoms with Crippen molar-refractivity contribution in [2.24, 2.45) is 0 Å². The maximum absolute atomic E-state index is 3.35. The molecule has 0 saturated heterocycles. The molecular formula is C9H10BN. The van der Waals surface area contributed by atoms with Crippen LogP contribution in [0.2, 0.25) is 0 Å². The molecule has 0 amide bonds. The van der Waals surface area contributed by atoms with Gasteiger partial charge in [0.1, 0.15) is 7.85 Å². The zero-order valence-corrected chi connectivity index (χ0v) is 6.59. The summed E-state index contributed by atoms with van der Waals surface area (Å²) in [5, 5.41) is 1.31.